The maximum absolute atomic E-state index is 12.1. The molecule has 1 atom stereocenters. The Morgan fingerprint density at radius 1 is 1.30 bits per heavy atom. The van der Waals surface area contributed by atoms with E-state index < -0.39 is 5.92 Å². The van der Waals surface area contributed by atoms with E-state index in [0.717, 1.165) is 11.1 Å². The molecule has 2 aromatic rings. The Hall–Kier alpha value is -2.66. The molecule has 0 radical (unpaired) electrons. The van der Waals surface area contributed by atoms with Crippen molar-refractivity contribution in [2.24, 2.45) is 10.7 Å². The highest BCUT2D eigenvalue weighted by atomic mass is 35.5. The second kappa shape index (κ2) is 6.22. The molecule has 1 heterocycles. The number of aliphatic imine (C=N–C) groups is 1. The molecule has 0 spiro atoms. The van der Waals surface area contributed by atoms with Crippen LogP contribution in [0.2, 0.25) is 5.02 Å². The van der Waals surface area contributed by atoms with E-state index in [1.807, 2.05) is 12.1 Å². The summed E-state index contributed by atoms with van der Waals surface area (Å²) >= 11 is 6.00. The van der Waals surface area contributed by atoms with Crippen molar-refractivity contribution in [2.75, 3.05) is 0 Å². The van der Waals surface area contributed by atoms with Gasteiger partial charge in [0.05, 0.1) is 11.6 Å². The van der Waals surface area contributed by atoms with Crippen LogP contribution in [-0.4, -0.2) is 18.0 Å². The predicted molar refractivity (Wildman–Crippen MR) is 91.6 cm³/mol. The van der Waals surface area contributed by atoms with Crippen molar-refractivity contribution in [3.05, 3.63) is 64.2 Å². The van der Waals surface area contributed by atoms with Gasteiger partial charge in [0.2, 0.25) is 5.91 Å². The van der Waals surface area contributed by atoms with E-state index in [4.69, 9.17) is 22.7 Å². The van der Waals surface area contributed by atoms with Gasteiger partial charge in [-0.1, -0.05) is 17.7 Å². The maximum atomic E-state index is 12.1. The summed E-state index contributed by atoms with van der Waals surface area (Å²) in [6.07, 6.45) is 1.63. The molecule has 1 aliphatic rings. The Morgan fingerprint density at radius 3 is 2.74 bits per heavy atom. The number of nitrogens with one attached hydrogen (secondary N) is 2. The molecule has 2 aromatic carbocycles. The zero-order chi connectivity index (χ0) is 16.4. The average molecular weight is 327 g/mol. The highest BCUT2D eigenvalue weighted by Crippen LogP contribution is 2.27. The summed E-state index contributed by atoms with van der Waals surface area (Å²) in [5.74, 6) is -0.509. The van der Waals surface area contributed by atoms with Gasteiger partial charge in [-0.15, -0.1) is 0 Å². The lowest BCUT2D eigenvalue weighted by molar-refractivity contribution is -0.121. The minimum atomic E-state index is -0.441. The van der Waals surface area contributed by atoms with Crippen molar-refractivity contribution in [1.82, 2.24) is 5.32 Å². The van der Waals surface area contributed by atoms with Gasteiger partial charge < -0.3 is 11.1 Å². The molecule has 0 aliphatic carbocycles. The number of rotatable bonds is 3. The lowest BCUT2D eigenvalue weighted by atomic mass is 9.91. The van der Waals surface area contributed by atoms with E-state index in [1.54, 1.807) is 36.5 Å². The number of hydrogen-bond acceptors (Lipinski definition) is 3. The molecule has 0 saturated heterocycles. The summed E-state index contributed by atoms with van der Waals surface area (Å²) in [6.45, 7) is 0.479. The van der Waals surface area contributed by atoms with Gasteiger partial charge in [0.1, 0.15) is 5.84 Å². The molecule has 116 valence electrons. The lowest BCUT2D eigenvalue weighted by Crippen LogP contribution is -2.35. The molecule has 6 heteroatoms. The maximum Gasteiger partial charge on any atom is 0.233 e. The van der Waals surface area contributed by atoms with E-state index in [2.05, 4.69) is 10.3 Å². The molecule has 0 bridgehead atoms. The molecular weight excluding hydrogens is 312 g/mol. The van der Waals surface area contributed by atoms with Gasteiger partial charge in [0, 0.05) is 23.3 Å². The van der Waals surface area contributed by atoms with Gasteiger partial charge in [-0.3, -0.25) is 15.2 Å². The molecule has 0 aromatic heterocycles. The fourth-order valence-corrected chi connectivity index (χ4v) is 2.69. The number of carbonyl (C=O) groups is 1. The number of carbonyl (C=O) groups excluding carboxylic acids is 1. The number of amidine groups is 1. The number of hydrogen-bond donors (Lipinski definition) is 3. The van der Waals surface area contributed by atoms with E-state index in [-0.39, 0.29) is 11.7 Å². The predicted octanol–water partition coefficient (Wildman–Crippen LogP) is 2.74. The topological polar surface area (TPSA) is 91.3 Å². The van der Waals surface area contributed by atoms with Crippen LogP contribution in [-0.2, 0) is 11.3 Å². The Balaban J connectivity index is 1.87. The Kier molecular flexibility index (Phi) is 4.12. The summed E-state index contributed by atoms with van der Waals surface area (Å²) in [4.78, 5) is 16.5. The van der Waals surface area contributed by atoms with Crippen LogP contribution in [0.5, 0.6) is 0 Å². The van der Waals surface area contributed by atoms with Crippen molar-refractivity contribution in [3.63, 3.8) is 0 Å². The molecule has 4 N–H and O–H groups in total. The van der Waals surface area contributed by atoms with Crippen LogP contribution in [0.15, 0.2) is 47.5 Å². The van der Waals surface area contributed by atoms with Crippen molar-refractivity contribution in [3.8, 4) is 0 Å². The monoisotopic (exact) mass is 326 g/mol. The van der Waals surface area contributed by atoms with Gasteiger partial charge in [-0.25, -0.2) is 0 Å². The largest absolute Gasteiger partial charge is 0.384 e. The first kappa shape index (κ1) is 15.2. The minimum Gasteiger partial charge on any atom is -0.384 e. The SMILES string of the molecule is N=C(N)c1ccc(N=CC2C(=O)NCc3cc(Cl)ccc32)cc1. The second-order valence-corrected chi connectivity index (χ2v) is 5.71. The van der Waals surface area contributed by atoms with E-state index in [0.29, 0.717) is 22.8 Å². The number of nitrogen functional groups attached to an aromatic ring is 1. The molecule has 1 unspecified atom stereocenters. The third-order valence-corrected chi connectivity index (χ3v) is 3.96. The Morgan fingerprint density at radius 2 is 2.04 bits per heavy atom. The van der Waals surface area contributed by atoms with Gasteiger partial charge in [0.25, 0.3) is 0 Å². The quantitative estimate of drug-likeness (QED) is 0.598. The van der Waals surface area contributed by atoms with Crippen LogP contribution in [0.25, 0.3) is 0 Å². The molecule has 3 rings (SSSR count). The zero-order valence-corrected chi connectivity index (χ0v) is 13.0. The first-order valence-electron chi connectivity index (χ1n) is 7.09. The van der Waals surface area contributed by atoms with Gasteiger partial charge >= 0.3 is 0 Å². The second-order valence-electron chi connectivity index (χ2n) is 5.28. The number of amides is 1. The molecule has 0 saturated carbocycles. The van der Waals surface area contributed by atoms with Crippen LogP contribution in [0.3, 0.4) is 0 Å². The van der Waals surface area contributed by atoms with Crippen molar-refractivity contribution >= 4 is 35.2 Å². The number of fused-ring (bicyclic) bond motifs is 1. The summed E-state index contributed by atoms with van der Waals surface area (Å²) < 4.78 is 0. The number of nitrogens with two attached hydrogens (primary N) is 1. The standard InChI is InChI=1S/C17H15ClN4O/c18-12-3-6-14-11(7-12)8-22-17(23)15(14)9-21-13-4-1-10(2-5-13)16(19)20/h1-7,9,15H,8H2,(H3,19,20)(H,22,23). The summed E-state index contributed by atoms with van der Waals surface area (Å²) in [6, 6.07) is 12.5. The van der Waals surface area contributed by atoms with E-state index >= 15 is 0 Å². The van der Waals surface area contributed by atoms with Crippen molar-refractivity contribution < 1.29 is 4.79 Å². The lowest BCUT2D eigenvalue weighted by Gasteiger charge is -2.22. The molecule has 23 heavy (non-hydrogen) atoms. The fourth-order valence-electron chi connectivity index (χ4n) is 2.50. The molecule has 1 aliphatic heterocycles. The summed E-state index contributed by atoms with van der Waals surface area (Å²) in [5, 5.41) is 10.9. The molecule has 5 nitrogen and oxygen atoms in total. The highest BCUT2D eigenvalue weighted by molar-refractivity contribution is 6.30. The highest BCUT2D eigenvalue weighted by Gasteiger charge is 2.26. The number of nitrogens with zero attached hydrogens (tertiary/aromatic N) is 1. The molecular formula is C17H15ClN4O. The van der Waals surface area contributed by atoms with Crippen LogP contribution >= 0.6 is 11.6 Å². The first-order chi connectivity index (χ1) is 11.0. The van der Waals surface area contributed by atoms with Crippen LogP contribution < -0.4 is 11.1 Å². The summed E-state index contributed by atoms with van der Waals surface area (Å²) in [7, 11) is 0. The van der Waals surface area contributed by atoms with Crippen LogP contribution in [0, 0.1) is 5.41 Å². The number of halogens is 1. The Bertz CT molecular complexity index is 799. The van der Waals surface area contributed by atoms with E-state index in [1.165, 1.54) is 0 Å². The normalized spacial score (nSPS) is 16.9. The number of benzene rings is 2. The fraction of sp³-hybridized carbons (Fsp3) is 0.118. The third-order valence-electron chi connectivity index (χ3n) is 3.73. The smallest absolute Gasteiger partial charge is 0.233 e. The van der Waals surface area contributed by atoms with Crippen molar-refractivity contribution in [2.45, 2.75) is 12.5 Å². The van der Waals surface area contributed by atoms with Crippen LogP contribution in [0.4, 0.5) is 5.69 Å². The van der Waals surface area contributed by atoms with Crippen LogP contribution in [0.1, 0.15) is 22.6 Å². The first-order valence-corrected chi connectivity index (χ1v) is 7.47. The van der Waals surface area contributed by atoms with E-state index in [9.17, 15) is 4.79 Å². The summed E-state index contributed by atoms with van der Waals surface area (Å²) in [5.41, 5.74) is 8.67. The zero-order valence-electron chi connectivity index (χ0n) is 12.2. The van der Waals surface area contributed by atoms with Gasteiger partial charge in [-0.2, -0.15) is 0 Å². The molecule has 0 fully saturated rings. The minimum absolute atomic E-state index is 0.0120. The third kappa shape index (κ3) is 3.24. The van der Waals surface area contributed by atoms with Crippen molar-refractivity contribution in [1.29, 1.82) is 5.41 Å². The average Bonchev–Trinajstić information content (AvgIpc) is 2.54. The molecule has 1 amide bonds. The van der Waals surface area contributed by atoms with Gasteiger partial charge in [-0.05, 0) is 47.5 Å². The Labute approximate surface area is 138 Å². The van der Waals surface area contributed by atoms with Gasteiger partial charge in [0.15, 0.2) is 0 Å².